The van der Waals surface area contributed by atoms with Crippen LogP contribution in [0.25, 0.3) is 6.08 Å². The van der Waals surface area contributed by atoms with E-state index in [2.05, 4.69) is 10.9 Å². The molecule has 2 N–H and O–H groups in total. The van der Waals surface area contributed by atoms with Gasteiger partial charge in [0.15, 0.2) is 6.10 Å². The zero-order valence-electron chi connectivity index (χ0n) is 13.9. The van der Waals surface area contributed by atoms with Crippen LogP contribution in [0.3, 0.4) is 0 Å². The van der Waals surface area contributed by atoms with Crippen LogP contribution in [0.15, 0.2) is 60.7 Å². The van der Waals surface area contributed by atoms with Gasteiger partial charge in [-0.15, -0.1) is 0 Å². The van der Waals surface area contributed by atoms with Gasteiger partial charge in [-0.05, 0) is 42.8 Å². The summed E-state index contributed by atoms with van der Waals surface area (Å²) in [6, 6.07) is 14.0. The third-order valence-electron chi connectivity index (χ3n) is 3.26. The highest BCUT2D eigenvalue weighted by molar-refractivity contribution is 5.96. The second-order valence-corrected chi connectivity index (χ2v) is 5.28. The summed E-state index contributed by atoms with van der Waals surface area (Å²) in [5, 5.41) is 0. The number of nitrogens with one attached hydrogen (secondary N) is 2. The number of ether oxygens (including phenoxy) is 1. The summed E-state index contributed by atoms with van der Waals surface area (Å²) in [5.74, 6) is -2.39. The number of benzene rings is 2. The molecule has 0 aliphatic rings. The molecule has 0 saturated heterocycles. The van der Waals surface area contributed by atoms with Crippen LogP contribution in [0.2, 0.25) is 0 Å². The minimum atomic E-state index is -1.13. The second-order valence-electron chi connectivity index (χ2n) is 5.28. The number of rotatable bonds is 5. The molecule has 0 fully saturated rings. The summed E-state index contributed by atoms with van der Waals surface area (Å²) >= 11 is 0. The number of hydrogen-bond acceptors (Lipinski definition) is 4. The fraction of sp³-hybridized carbons (Fsp3) is 0.105. The number of halogens is 1. The first kappa shape index (κ1) is 18.9. The van der Waals surface area contributed by atoms with Gasteiger partial charge in [0.1, 0.15) is 5.82 Å². The fourth-order valence-corrected chi connectivity index (χ4v) is 1.92. The molecule has 0 radical (unpaired) electrons. The number of esters is 1. The lowest BCUT2D eigenvalue weighted by Crippen LogP contribution is -2.46. The Morgan fingerprint density at radius 2 is 1.77 bits per heavy atom. The standard InChI is InChI=1S/C19H17FN2O4/c1-13(18(24)21-22-19(25)15-7-3-2-4-8-15)26-17(23)11-10-14-6-5-9-16(20)12-14/h2-13H,1H3,(H,21,24)(H,22,25)/b11-10+/t13-/m0/s1. The molecule has 2 amide bonds. The first-order valence-electron chi connectivity index (χ1n) is 7.75. The third-order valence-corrected chi connectivity index (χ3v) is 3.26. The summed E-state index contributed by atoms with van der Waals surface area (Å²) in [6.45, 7) is 1.36. The van der Waals surface area contributed by atoms with E-state index in [9.17, 15) is 18.8 Å². The molecule has 0 saturated carbocycles. The van der Waals surface area contributed by atoms with Gasteiger partial charge in [-0.3, -0.25) is 20.4 Å². The smallest absolute Gasteiger partial charge is 0.331 e. The van der Waals surface area contributed by atoms with Gasteiger partial charge in [0.05, 0.1) is 0 Å². The van der Waals surface area contributed by atoms with E-state index >= 15 is 0 Å². The zero-order valence-corrected chi connectivity index (χ0v) is 13.9. The Hall–Kier alpha value is -3.48. The maximum atomic E-state index is 13.0. The van der Waals surface area contributed by atoms with Crippen LogP contribution in [0.4, 0.5) is 4.39 Å². The van der Waals surface area contributed by atoms with Gasteiger partial charge in [-0.2, -0.15) is 0 Å². The summed E-state index contributed by atoms with van der Waals surface area (Å²) in [7, 11) is 0. The largest absolute Gasteiger partial charge is 0.449 e. The Kier molecular flexibility index (Phi) is 6.61. The summed E-state index contributed by atoms with van der Waals surface area (Å²) < 4.78 is 18.0. The van der Waals surface area contributed by atoms with Crippen molar-refractivity contribution in [1.82, 2.24) is 10.9 Å². The predicted octanol–water partition coefficient (Wildman–Crippen LogP) is 2.23. The highest BCUT2D eigenvalue weighted by Crippen LogP contribution is 2.06. The van der Waals surface area contributed by atoms with Gasteiger partial charge < -0.3 is 4.74 Å². The van der Waals surface area contributed by atoms with Crippen LogP contribution in [0.5, 0.6) is 0 Å². The van der Waals surface area contributed by atoms with Crippen LogP contribution in [-0.2, 0) is 14.3 Å². The summed E-state index contributed by atoms with van der Waals surface area (Å²) in [5.41, 5.74) is 5.26. The molecule has 0 aliphatic carbocycles. The quantitative estimate of drug-likeness (QED) is 0.489. The SMILES string of the molecule is C[C@H](OC(=O)/C=C/c1cccc(F)c1)C(=O)NNC(=O)c1ccccc1. The van der Waals surface area contributed by atoms with E-state index in [-0.39, 0.29) is 0 Å². The van der Waals surface area contributed by atoms with Crippen molar-refractivity contribution in [2.24, 2.45) is 0 Å². The Labute approximate surface area is 149 Å². The van der Waals surface area contributed by atoms with E-state index in [4.69, 9.17) is 4.74 Å². The normalized spacial score (nSPS) is 11.6. The van der Waals surface area contributed by atoms with Crippen molar-refractivity contribution in [3.8, 4) is 0 Å². The second kappa shape index (κ2) is 9.12. The lowest BCUT2D eigenvalue weighted by Gasteiger charge is -2.13. The molecule has 7 heteroatoms. The molecule has 1 atom stereocenters. The average molecular weight is 356 g/mol. The van der Waals surface area contributed by atoms with Crippen LogP contribution < -0.4 is 10.9 Å². The number of carbonyl (C=O) groups is 3. The van der Waals surface area contributed by atoms with E-state index in [1.807, 2.05) is 0 Å². The lowest BCUT2D eigenvalue weighted by atomic mass is 10.2. The van der Waals surface area contributed by atoms with Gasteiger partial charge >= 0.3 is 5.97 Å². The fourth-order valence-electron chi connectivity index (χ4n) is 1.92. The topological polar surface area (TPSA) is 84.5 Å². The van der Waals surface area contributed by atoms with E-state index < -0.39 is 29.7 Å². The van der Waals surface area contributed by atoms with Gasteiger partial charge in [0.2, 0.25) is 0 Å². The Morgan fingerprint density at radius 3 is 2.46 bits per heavy atom. The van der Waals surface area contributed by atoms with Crippen molar-refractivity contribution >= 4 is 23.9 Å². The van der Waals surface area contributed by atoms with Crippen molar-refractivity contribution in [2.45, 2.75) is 13.0 Å². The van der Waals surface area contributed by atoms with E-state index in [1.54, 1.807) is 36.4 Å². The number of hydrazine groups is 1. The van der Waals surface area contributed by atoms with Crippen LogP contribution in [0.1, 0.15) is 22.8 Å². The Bertz CT molecular complexity index is 821. The van der Waals surface area contributed by atoms with Gasteiger partial charge in [-0.1, -0.05) is 30.3 Å². The van der Waals surface area contributed by atoms with Gasteiger partial charge in [-0.25, -0.2) is 9.18 Å². The molecular formula is C19H17FN2O4. The van der Waals surface area contributed by atoms with E-state index in [0.29, 0.717) is 11.1 Å². The third kappa shape index (κ3) is 5.86. The minimum Gasteiger partial charge on any atom is -0.449 e. The molecular weight excluding hydrogens is 339 g/mol. The van der Waals surface area contributed by atoms with Crippen molar-refractivity contribution < 1.29 is 23.5 Å². The molecule has 2 aromatic carbocycles. The molecule has 0 heterocycles. The number of amides is 2. The van der Waals surface area contributed by atoms with Gasteiger partial charge in [0.25, 0.3) is 11.8 Å². The van der Waals surface area contributed by atoms with Crippen molar-refractivity contribution in [3.05, 3.63) is 77.6 Å². The van der Waals surface area contributed by atoms with Crippen LogP contribution >= 0.6 is 0 Å². The molecule has 2 rings (SSSR count). The minimum absolute atomic E-state index is 0.371. The molecule has 2 aromatic rings. The maximum absolute atomic E-state index is 13.0. The van der Waals surface area contributed by atoms with Gasteiger partial charge in [0, 0.05) is 11.6 Å². The van der Waals surface area contributed by atoms with Crippen molar-refractivity contribution in [2.75, 3.05) is 0 Å². The molecule has 6 nitrogen and oxygen atoms in total. The number of hydrogen-bond donors (Lipinski definition) is 2. The molecule has 0 aliphatic heterocycles. The summed E-state index contributed by atoms with van der Waals surface area (Å²) in [6.07, 6.45) is 1.32. The van der Waals surface area contributed by atoms with Crippen LogP contribution in [-0.4, -0.2) is 23.9 Å². The Morgan fingerprint density at radius 1 is 1.04 bits per heavy atom. The Balaban J connectivity index is 1.80. The van der Waals surface area contributed by atoms with E-state index in [1.165, 1.54) is 31.2 Å². The molecule has 134 valence electrons. The van der Waals surface area contributed by atoms with Crippen molar-refractivity contribution in [1.29, 1.82) is 0 Å². The highest BCUT2D eigenvalue weighted by atomic mass is 19.1. The molecule has 0 spiro atoms. The molecule has 0 aromatic heterocycles. The number of carbonyl (C=O) groups excluding carboxylic acids is 3. The maximum Gasteiger partial charge on any atom is 0.331 e. The first-order chi connectivity index (χ1) is 12.5. The molecule has 26 heavy (non-hydrogen) atoms. The van der Waals surface area contributed by atoms with E-state index in [0.717, 1.165) is 6.08 Å². The predicted molar refractivity (Wildman–Crippen MR) is 93.0 cm³/mol. The molecule has 0 unspecified atom stereocenters. The average Bonchev–Trinajstić information content (AvgIpc) is 2.65. The lowest BCUT2D eigenvalue weighted by molar-refractivity contribution is -0.150. The molecule has 0 bridgehead atoms. The highest BCUT2D eigenvalue weighted by Gasteiger charge is 2.17. The van der Waals surface area contributed by atoms with Crippen molar-refractivity contribution in [3.63, 3.8) is 0 Å². The first-order valence-corrected chi connectivity index (χ1v) is 7.75. The van der Waals surface area contributed by atoms with Crippen LogP contribution in [0, 0.1) is 5.82 Å². The summed E-state index contributed by atoms with van der Waals surface area (Å²) in [4.78, 5) is 35.4. The monoisotopic (exact) mass is 356 g/mol. The zero-order chi connectivity index (χ0) is 18.9.